The van der Waals surface area contributed by atoms with Crippen molar-refractivity contribution in [2.24, 2.45) is 0 Å². The Morgan fingerprint density at radius 3 is 2.60 bits per heavy atom. The molecule has 25 heavy (non-hydrogen) atoms. The summed E-state index contributed by atoms with van der Waals surface area (Å²) in [6.07, 6.45) is 1.37. The number of carbonyl (C=O) groups excluding carboxylic acids is 1. The van der Waals surface area contributed by atoms with Crippen LogP contribution in [0, 0.1) is 17.1 Å². The maximum atomic E-state index is 13.8. The summed E-state index contributed by atoms with van der Waals surface area (Å²) in [5.41, 5.74) is 0.313. The lowest BCUT2D eigenvalue weighted by Crippen LogP contribution is -2.14. The third-order valence-corrected chi connectivity index (χ3v) is 3.78. The summed E-state index contributed by atoms with van der Waals surface area (Å²) in [6, 6.07) is 11.0. The van der Waals surface area contributed by atoms with Crippen LogP contribution in [0.4, 0.5) is 10.1 Å². The number of methoxy groups -OCH3 is 2. The van der Waals surface area contributed by atoms with Crippen LogP contribution in [0.25, 0.3) is 6.08 Å². The van der Waals surface area contributed by atoms with Crippen LogP contribution < -0.4 is 14.8 Å². The molecule has 2 aromatic rings. The molecule has 0 fully saturated rings. The molecule has 0 unspecified atom stereocenters. The van der Waals surface area contributed by atoms with E-state index in [0.29, 0.717) is 21.5 Å². The SMILES string of the molecule is COc1ccc(/C=C(\C#N)C(=O)Nc2ccc(Br)cc2F)c(OC)c1. The maximum Gasteiger partial charge on any atom is 0.266 e. The average Bonchev–Trinajstić information content (AvgIpc) is 2.61. The fourth-order valence-corrected chi connectivity index (χ4v) is 2.36. The van der Waals surface area contributed by atoms with Crippen LogP contribution in [0.2, 0.25) is 0 Å². The van der Waals surface area contributed by atoms with Crippen molar-refractivity contribution in [2.75, 3.05) is 19.5 Å². The van der Waals surface area contributed by atoms with Crippen LogP contribution in [0.3, 0.4) is 0 Å². The average molecular weight is 405 g/mol. The number of hydrogen-bond donors (Lipinski definition) is 1. The van der Waals surface area contributed by atoms with Gasteiger partial charge in [-0.25, -0.2) is 4.39 Å². The van der Waals surface area contributed by atoms with Crippen LogP contribution in [0.1, 0.15) is 5.56 Å². The number of nitrogens with one attached hydrogen (secondary N) is 1. The van der Waals surface area contributed by atoms with Gasteiger partial charge in [-0.3, -0.25) is 4.79 Å². The van der Waals surface area contributed by atoms with E-state index in [1.807, 2.05) is 6.07 Å². The zero-order chi connectivity index (χ0) is 18.4. The van der Waals surface area contributed by atoms with Gasteiger partial charge < -0.3 is 14.8 Å². The van der Waals surface area contributed by atoms with Gasteiger partial charge in [-0.2, -0.15) is 5.26 Å². The number of nitriles is 1. The van der Waals surface area contributed by atoms with Gasteiger partial charge in [-0.15, -0.1) is 0 Å². The maximum absolute atomic E-state index is 13.8. The Hall–Kier alpha value is -2.85. The minimum Gasteiger partial charge on any atom is -0.497 e. The molecule has 0 heterocycles. The van der Waals surface area contributed by atoms with E-state index in [1.54, 1.807) is 24.3 Å². The molecule has 128 valence electrons. The number of ether oxygens (including phenoxy) is 2. The molecule has 0 bridgehead atoms. The molecule has 2 aromatic carbocycles. The normalized spacial score (nSPS) is 10.8. The van der Waals surface area contributed by atoms with Crippen molar-refractivity contribution in [2.45, 2.75) is 0 Å². The molecule has 0 saturated carbocycles. The first kappa shape index (κ1) is 18.5. The molecule has 0 aromatic heterocycles. The van der Waals surface area contributed by atoms with Crippen molar-refractivity contribution in [3.63, 3.8) is 0 Å². The number of rotatable bonds is 5. The van der Waals surface area contributed by atoms with Crippen LogP contribution in [-0.4, -0.2) is 20.1 Å². The minimum atomic E-state index is -0.721. The number of hydrogen-bond acceptors (Lipinski definition) is 4. The summed E-state index contributed by atoms with van der Waals surface area (Å²) in [7, 11) is 2.99. The molecule has 5 nitrogen and oxygen atoms in total. The summed E-state index contributed by atoms with van der Waals surface area (Å²) < 4.78 is 24.7. The molecule has 0 saturated heterocycles. The van der Waals surface area contributed by atoms with Crippen LogP contribution >= 0.6 is 15.9 Å². The largest absolute Gasteiger partial charge is 0.497 e. The molecule has 1 N–H and O–H groups in total. The molecular weight excluding hydrogens is 391 g/mol. The Balaban J connectivity index is 2.31. The van der Waals surface area contributed by atoms with E-state index in [4.69, 9.17) is 9.47 Å². The van der Waals surface area contributed by atoms with Gasteiger partial charge in [0.1, 0.15) is 29.0 Å². The molecular formula is C18H14BrFN2O3. The van der Waals surface area contributed by atoms with Gasteiger partial charge in [0.15, 0.2) is 0 Å². The van der Waals surface area contributed by atoms with Gasteiger partial charge >= 0.3 is 0 Å². The van der Waals surface area contributed by atoms with Crippen molar-refractivity contribution >= 4 is 33.6 Å². The third kappa shape index (κ3) is 4.58. The summed E-state index contributed by atoms with van der Waals surface area (Å²) in [5.74, 6) is -0.313. The first-order valence-electron chi connectivity index (χ1n) is 7.08. The molecule has 0 atom stereocenters. The monoisotopic (exact) mass is 404 g/mol. The lowest BCUT2D eigenvalue weighted by molar-refractivity contribution is -0.112. The second-order valence-corrected chi connectivity index (χ2v) is 5.77. The van der Waals surface area contributed by atoms with Crippen molar-refractivity contribution < 1.29 is 18.7 Å². The van der Waals surface area contributed by atoms with Crippen molar-refractivity contribution in [1.82, 2.24) is 0 Å². The second kappa shape index (κ2) is 8.31. The van der Waals surface area contributed by atoms with Crippen LogP contribution in [0.5, 0.6) is 11.5 Å². The number of carbonyl (C=O) groups is 1. The fourth-order valence-electron chi connectivity index (χ4n) is 2.02. The Labute approximate surface area is 152 Å². The number of amides is 1. The van der Waals surface area contributed by atoms with Crippen molar-refractivity contribution in [3.05, 3.63) is 57.8 Å². The Bertz CT molecular complexity index is 875. The van der Waals surface area contributed by atoms with Crippen LogP contribution in [0.15, 0.2) is 46.4 Å². The van der Waals surface area contributed by atoms with Gasteiger partial charge in [0.2, 0.25) is 0 Å². The Kier molecular flexibility index (Phi) is 6.14. The molecule has 0 aliphatic heterocycles. The minimum absolute atomic E-state index is 0.0176. The summed E-state index contributed by atoms with van der Waals surface area (Å²) in [5, 5.41) is 11.6. The predicted molar refractivity (Wildman–Crippen MR) is 95.9 cm³/mol. The fraction of sp³-hybridized carbons (Fsp3) is 0.111. The number of anilines is 1. The standard InChI is InChI=1S/C18H14BrFN2O3/c1-24-14-5-3-11(17(9-14)25-2)7-12(10-21)18(23)22-16-6-4-13(19)8-15(16)20/h3-9H,1-2H3,(H,22,23)/b12-7+. The third-order valence-electron chi connectivity index (χ3n) is 3.28. The highest BCUT2D eigenvalue weighted by Gasteiger charge is 2.14. The first-order chi connectivity index (χ1) is 12.0. The summed E-state index contributed by atoms with van der Waals surface area (Å²) in [4.78, 5) is 12.3. The lowest BCUT2D eigenvalue weighted by atomic mass is 10.1. The highest BCUT2D eigenvalue weighted by Crippen LogP contribution is 2.27. The topological polar surface area (TPSA) is 71.3 Å². The second-order valence-electron chi connectivity index (χ2n) is 4.86. The Morgan fingerprint density at radius 2 is 2.00 bits per heavy atom. The number of nitrogens with zero attached hydrogens (tertiary/aromatic N) is 1. The lowest BCUT2D eigenvalue weighted by Gasteiger charge is -2.09. The predicted octanol–water partition coefficient (Wildman–Crippen LogP) is 4.15. The van der Waals surface area contributed by atoms with Gasteiger partial charge in [0.25, 0.3) is 5.91 Å². The van der Waals surface area contributed by atoms with Gasteiger partial charge in [-0.1, -0.05) is 15.9 Å². The van der Waals surface area contributed by atoms with Crippen LogP contribution in [-0.2, 0) is 4.79 Å². The van der Waals surface area contributed by atoms with E-state index in [2.05, 4.69) is 21.2 Å². The zero-order valence-electron chi connectivity index (χ0n) is 13.5. The van der Waals surface area contributed by atoms with E-state index >= 15 is 0 Å². The first-order valence-corrected chi connectivity index (χ1v) is 7.88. The molecule has 0 aliphatic carbocycles. The van der Waals surface area contributed by atoms with Crippen molar-refractivity contribution in [3.8, 4) is 17.6 Å². The van der Waals surface area contributed by atoms with Gasteiger partial charge in [0.05, 0.1) is 19.9 Å². The zero-order valence-corrected chi connectivity index (χ0v) is 15.1. The molecule has 2 rings (SSSR count). The summed E-state index contributed by atoms with van der Waals surface area (Å²) in [6.45, 7) is 0. The van der Waals surface area contributed by atoms with Gasteiger partial charge in [0, 0.05) is 16.1 Å². The highest BCUT2D eigenvalue weighted by molar-refractivity contribution is 9.10. The highest BCUT2D eigenvalue weighted by atomic mass is 79.9. The van der Waals surface area contributed by atoms with E-state index in [9.17, 15) is 14.4 Å². The molecule has 1 amide bonds. The van der Waals surface area contributed by atoms with E-state index in [-0.39, 0.29) is 11.3 Å². The molecule has 7 heteroatoms. The van der Waals surface area contributed by atoms with E-state index in [0.717, 1.165) is 0 Å². The van der Waals surface area contributed by atoms with E-state index < -0.39 is 11.7 Å². The van der Waals surface area contributed by atoms with E-state index in [1.165, 1.54) is 32.4 Å². The quantitative estimate of drug-likeness (QED) is 0.599. The Morgan fingerprint density at radius 1 is 1.24 bits per heavy atom. The van der Waals surface area contributed by atoms with Gasteiger partial charge in [-0.05, 0) is 36.4 Å². The van der Waals surface area contributed by atoms with Crippen molar-refractivity contribution in [1.29, 1.82) is 5.26 Å². The smallest absolute Gasteiger partial charge is 0.266 e. The molecule has 0 radical (unpaired) electrons. The molecule has 0 spiro atoms. The summed E-state index contributed by atoms with van der Waals surface area (Å²) >= 11 is 3.14. The number of benzene rings is 2. The number of halogens is 2. The molecule has 0 aliphatic rings.